The number of hydrogen-bond acceptors (Lipinski definition) is 2. The zero-order chi connectivity index (χ0) is 17.7. The van der Waals surface area contributed by atoms with Crippen LogP contribution in [0.1, 0.15) is 16.7 Å². The molecule has 0 bridgehead atoms. The Morgan fingerprint density at radius 2 is 1.72 bits per heavy atom. The predicted octanol–water partition coefficient (Wildman–Crippen LogP) is 4.36. The maximum Gasteiger partial charge on any atom is 0.246 e. The van der Waals surface area contributed by atoms with Gasteiger partial charge >= 0.3 is 0 Å². The molecular formula is C18H22BrIN4O. The Balaban J connectivity index is 0.00000312. The fourth-order valence-corrected chi connectivity index (χ4v) is 2.44. The molecule has 0 saturated heterocycles. The molecule has 0 atom stereocenters. The van der Waals surface area contributed by atoms with Crippen LogP contribution in [-0.4, -0.2) is 18.4 Å². The molecule has 2 aromatic carbocycles. The van der Waals surface area contributed by atoms with Crippen molar-refractivity contribution in [2.24, 2.45) is 10.7 Å². The topological polar surface area (TPSA) is 79.5 Å². The first-order valence-electron chi connectivity index (χ1n) is 7.55. The Bertz CT molecular complexity index is 793. The van der Waals surface area contributed by atoms with Crippen LogP contribution in [0.25, 0.3) is 0 Å². The maximum atomic E-state index is 12.0. The number of rotatable bonds is 4. The third kappa shape index (κ3) is 6.66. The largest absolute Gasteiger partial charge is 0.370 e. The molecule has 0 aromatic heterocycles. The number of aliphatic imine (C=N–C) groups is 1. The zero-order valence-corrected chi connectivity index (χ0v) is 18.3. The number of nitrogens with one attached hydrogen (secondary N) is 2. The lowest BCUT2D eigenvalue weighted by Crippen LogP contribution is -2.25. The average molecular weight is 517 g/mol. The van der Waals surface area contributed by atoms with Crippen molar-refractivity contribution < 1.29 is 4.79 Å². The summed E-state index contributed by atoms with van der Waals surface area (Å²) in [6.45, 7) is 5.96. The van der Waals surface area contributed by atoms with Gasteiger partial charge in [-0.1, -0.05) is 28.1 Å². The number of aryl methyl sites for hydroxylation is 3. The lowest BCUT2D eigenvalue weighted by molar-refractivity contribution is -0.114. The number of guanidine groups is 1. The number of benzene rings is 2. The molecule has 0 saturated carbocycles. The van der Waals surface area contributed by atoms with Crippen LogP contribution in [0.5, 0.6) is 0 Å². The molecule has 0 aliphatic heterocycles. The van der Waals surface area contributed by atoms with Gasteiger partial charge < -0.3 is 16.4 Å². The minimum absolute atomic E-state index is 0. The summed E-state index contributed by atoms with van der Waals surface area (Å²) < 4.78 is 0.905. The summed E-state index contributed by atoms with van der Waals surface area (Å²) in [5.74, 6) is -0.0135. The average Bonchev–Trinajstić information content (AvgIpc) is 2.52. The van der Waals surface area contributed by atoms with E-state index in [0.717, 1.165) is 27.0 Å². The number of halogens is 2. The van der Waals surface area contributed by atoms with Crippen LogP contribution < -0.4 is 16.4 Å². The van der Waals surface area contributed by atoms with Crippen molar-refractivity contribution in [3.63, 3.8) is 0 Å². The summed E-state index contributed by atoms with van der Waals surface area (Å²) in [4.78, 5) is 16.1. The molecule has 5 nitrogen and oxygen atoms in total. The monoisotopic (exact) mass is 516 g/mol. The van der Waals surface area contributed by atoms with E-state index in [1.165, 1.54) is 5.56 Å². The molecule has 0 radical (unpaired) electrons. The lowest BCUT2D eigenvalue weighted by atomic mass is 10.1. The van der Waals surface area contributed by atoms with E-state index in [1.807, 2.05) is 57.2 Å². The Hall–Kier alpha value is -1.61. The van der Waals surface area contributed by atoms with Gasteiger partial charge in [0.25, 0.3) is 0 Å². The number of anilines is 2. The van der Waals surface area contributed by atoms with Crippen molar-refractivity contribution in [1.82, 2.24) is 0 Å². The van der Waals surface area contributed by atoms with E-state index >= 15 is 0 Å². The van der Waals surface area contributed by atoms with E-state index in [0.29, 0.717) is 0 Å². The van der Waals surface area contributed by atoms with Crippen molar-refractivity contribution in [1.29, 1.82) is 0 Å². The van der Waals surface area contributed by atoms with Gasteiger partial charge in [-0.25, -0.2) is 4.99 Å². The van der Waals surface area contributed by atoms with Crippen molar-refractivity contribution >= 4 is 63.1 Å². The quantitative estimate of drug-likeness (QED) is 0.321. The van der Waals surface area contributed by atoms with Crippen LogP contribution in [0, 0.1) is 20.8 Å². The highest BCUT2D eigenvalue weighted by Crippen LogP contribution is 2.20. The first-order chi connectivity index (χ1) is 11.3. The normalized spacial score (nSPS) is 10.8. The molecule has 134 valence electrons. The van der Waals surface area contributed by atoms with Crippen molar-refractivity contribution in [2.75, 3.05) is 17.2 Å². The standard InChI is InChI=1S/C18H21BrN4O.HI/c1-11-5-7-15(8-13(11)3)22-18(20)21-10-17(24)23-16-9-14(19)6-4-12(16)2;/h4-9H,10H2,1-3H3,(H,23,24)(H3,20,21,22);1H. The van der Waals surface area contributed by atoms with Gasteiger partial charge in [-0.3, -0.25) is 4.79 Å². The molecule has 0 fully saturated rings. The summed E-state index contributed by atoms with van der Waals surface area (Å²) in [5, 5.41) is 5.82. The van der Waals surface area contributed by atoms with Crippen molar-refractivity contribution in [3.05, 3.63) is 57.6 Å². The van der Waals surface area contributed by atoms with Gasteiger partial charge in [-0.2, -0.15) is 0 Å². The second-order valence-corrected chi connectivity index (χ2v) is 6.55. The highest BCUT2D eigenvalue weighted by molar-refractivity contribution is 14.0. The first kappa shape index (κ1) is 21.4. The van der Waals surface area contributed by atoms with E-state index in [-0.39, 0.29) is 42.4 Å². The smallest absolute Gasteiger partial charge is 0.246 e. The summed E-state index contributed by atoms with van der Waals surface area (Å²) in [5.41, 5.74) is 10.8. The fourth-order valence-electron chi connectivity index (χ4n) is 2.08. The van der Waals surface area contributed by atoms with E-state index in [1.54, 1.807) is 0 Å². The molecule has 7 heteroatoms. The molecule has 0 heterocycles. The Morgan fingerprint density at radius 3 is 2.40 bits per heavy atom. The van der Waals surface area contributed by atoms with Crippen LogP contribution in [0.15, 0.2) is 45.9 Å². The molecule has 0 aliphatic carbocycles. The summed E-state index contributed by atoms with van der Waals surface area (Å²) in [7, 11) is 0. The summed E-state index contributed by atoms with van der Waals surface area (Å²) >= 11 is 3.39. The highest BCUT2D eigenvalue weighted by atomic mass is 127. The van der Waals surface area contributed by atoms with Crippen LogP contribution >= 0.6 is 39.9 Å². The van der Waals surface area contributed by atoms with Crippen molar-refractivity contribution in [2.45, 2.75) is 20.8 Å². The third-order valence-corrected chi connectivity index (χ3v) is 4.14. The Kier molecular flexibility index (Phi) is 8.37. The molecule has 2 aromatic rings. The summed E-state index contributed by atoms with van der Waals surface area (Å²) in [6.07, 6.45) is 0. The second kappa shape index (κ2) is 9.76. The zero-order valence-electron chi connectivity index (χ0n) is 14.4. The summed E-state index contributed by atoms with van der Waals surface area (Å²) in [6, 6.07) is 11.6. The van der Waals surface area contributed by atoms with Gasteiger partial charge in [-0.05, 0) is 61.7 Å². The van der Waals surface area contributed by atoms with E-state index < -0.39 is 0 Å². The van der Waals surface area contributed by atoms with Gasteiger partial charge in [0.05, 0.1) is 0 Å². The lowest BCUT2D eigenvalue weighted by Gasteiger charge is -2.09. The Morgan fingerprint density at radius 1 is 1.04 bits per heavy atom. The van der Waals surface area contributed by atoms with E-state index in [2.05, 4.69) is 31.6 Å². The van der Waals surface area contributed by atoms with Crippen LogP contribution in [0.2, 0.25) is 0 Å². The Labute approximate surface area is 173 Å². The van der Waals surface area contributed by atoms with Gasteiger partial charge in [-0.15, -0.1) is 24.0 Å². The number of amides is 1. The van der Waals surface area contributed by atoms with Crippen LogP contribution in [-0.2, 0) is 4.79 Å². The van der Waals surface area contributed by atoms with Crippen molar-refractivity contribution in [3.8, 4) is 0 Å². The number of carbonyl (C=O) groups excluding carboxylic acids is 1. The predicted molar refractivity (Wildman–Crippen MR) is 119 cm³/mol. The van der Waals surface area contributed by atoms with Gasteiger partial charge in [0, 0.05) is 15.8 Å². The molecule has 0 spiro atoms. The molecule has 0 aliphatic rings. The minimum Gasteiger partial charge on any atom is -0.370 e. The van der Waals surface area contributed by atoms with E-state index in [9.17, 15) is 4.79 Å². The fraction of sp³-hybridized carbons (Fsp3) is 0.222. The second-order valence-electron chi connectivity index (χ2n) is 5.63. The highest BCUT2D eigenvalue weighted by Gasteiger charge is 2.05. The SMILES string of the molecule is Cc1ccc(NC(N)=NCC(=O)Nc2cc(Br)ccc2C)cc1C.I. The molecule has 0 unspecified atom stereocenters. The van der Waals surface area contributed by atoms with Gasteiger partial charge in [0.15, 0.2) is 5.96 Å². The first-order valence-corrected chi connectivity index (χ1v) is 8.34. The molecule has 1 amide bonds. The number of hydrogen-bond donors (Lipinski definition) is 3. The molecule has 4 N–H and O–H groups in total. The van der Waals surface area contributed by atoms with E-state index in [4.69, 9.17) is 5.73 Å². The number of nitrogens with two attached hydrogens (primary N) is 1. The molecular weight excluding hydrogens is 495 g/mol. The van der Waals surface area contributed by atoms with Gasteiger partial charge in [0.2, 0.25) is 5.91 Å². The third-order valence-electron chi connectivity index (χ3n) is 3.65. The molecule has 25 heavy (non-hydrogen) atoms. The number of carbonyl (C=O) groups is 1. The minimum atomic E-state index is -0.221. The van der Waals surface area contributed by atoms with Crippen LogP contribution in [0.3, 0.4) is 0 Å². The molecule has 2 rings (SSSR count). The van der Waals surface area contributed by atoms with Gasteiger partial charge in [0.1, 0.15) is 6.54 Å². The van der Waals surface area contributed by atoms with Crippen LogP contribution in [0.4, 0.5) is 11.4 Å². The maximum absolute atomic E-state index is 12.0. The number of nitrogens with zero attached hydrogens (tertiary/aromatic N) is 1.